The Kier molecular flexibility index (Phi) is 5.35. The Morgan fingerprint density at radius 1 is 1.25 bits per heavy atom. The molecule has 0 aromatic carbocycles. The third-order valence-electron chi connectivity index (χ3n) is 3.03. The van der Waals surface area contributed by atoms with Gasteiger partial charge in [0.1, 0.15) is 0 Å². The van der Waals surface area contributed by atoms with E-state index in [1.54, 1.807) is 0 Å². The van der Waals surface area contributed by atoms with Gasteiger partial charge in [-0.1, -0.05) is 6.08 Å². The van der Waals surface area contributed by atoms with E-state index >= 15 is 0 Å². The van der Waals surface area contributed by atoms with E-state index in [2.05, 4.69) is 75.5 Å². The van der Waals surface area contributed by atoms with Crippen LogP contribution in [0.5, 0.6) is 0 Å². The van der Waals surface area contributed by atoms with Crippen LogP contribution in [0.4, 0.5) is 5.69 Å². The molecule has 0 aliphatic heterocycles. The van der Waals surface area contributed by atoms with Crippen LogP contribution >= 0.6 is 0 Å². The van der Waals surface area contributed by atoms with E-state index in [-0.39, 0.29) is 11.1 Å². The third kappa shape index (κ3) is 5.33. The maximum atomic E-state index is 4.45. The van der Waals surface area contributed by atoms with E-state index in [9.17, 15) is 0 Å². The molecule has 1 heterocycles. The van der Waals surface area contributed by atoms with E-state index in [1.807, 2.05) is 12.3 Å². The molecule has 20 heavy (non-hydrogen) atoms. The third-order valence-corrected chi connectivity index (χ3v) is 3.03. The smallest absolute Gasteiger partial charge is 0.0562 e. The Bertz CT molecular complexity index is 438. The lowest BCUT2D eigenvalue weighted by Crippen LogP contribution is -2.41. The van der Waals surface area contributed by atoms with Gasteiger partial charge in [0.15, 0.2) is 0 Å². The van der Waals surface area contributed by atoms with Gasteiger partial charge in [-0.3, -0.25) is 4.98 Å². The summed E-state index contributed by atoms with van der Waals surface area (Å²) < 4.78 is 0. The highest BCUT2D eigenvalue weighted by molar-refractivity contribution is 5.49. The minimum absolute atomic E-state index is 0.0598. The monoisotopic (exact) mass is 275 g/mol. The van der Waals surface area contributed by atoms with Crippen LogP contribution < -0.4 is 10.2 Å². The molecule has 1 rings (SSSR count). The molecule has 1 aromatic rings. The van der Waals surface area contributed by atoms with Crippen molar-refractivity contribution in [3.8, 4) is 0 Å². The summed E-state index contributed by atoms with van der Waals surface area (Å²) in [6.07, 6.45) is 3.83. The van der Waals surface area contributed by atoms with Crippen molar-refractivity contribution in [1.29, 1.82) is 0 Å². The molecule has 3 nitrogen and oxygen atoms in total. The largest absolute Gasteiger partial charge is 0.363 e. The summed E-state index contributed by atoms with van der Waals surface area (Å²) in [4.78, 5) is 6.79. The van der Waals surface area contributed by atoms with Crippen LogP contribution in [-0.2, 0) is 6.54 Å². The van der Waals surface area contributed by atoms with Crippen LogP contribution in [0.1, 0.15) is 47.2 Å². The van der Waals surface area contributed by atoms with Gasteiger partial charge >= 0.3 is 0 Å². The molecule has 0 amide bonds. The number of nitrogens with one attached hydrogen (secondary N) is 1. The second kappa shape index (κ2) is 6.40. The number of hydrogen-bond donors (Lipinski definition) is 1. The zero-order chi connectivity index (χ0) is 15.4. The average molecular weight is 275 g/mol. The molecule has 0 unspecified atom stereocenters. The van der Waals surface area contributed by atoms with Crippen LogP contribution in [0, 0.1) is 0 Å². The van der Waals surface area contributed by atoms with Crippen molar-refractivity contribution in [3.63, 3.8) is 0 Å². The quantitative estimate of drug-likeness (QED) is 0.829. The van der Waals surface area contributed by atoms with E-state index < -0.39 is 0 Å². The molecular formula is C17H29N3. The van der Waals surface area contributed by atoms with Gasteiger partial charge in [-0.05, 0) is 53.7 Å². The lowest BCUT2D eigenvalue weighted by Gasteiger charge is -2.37. The molecule has 1 aromatic heterocycles. The summed E-state index contributed by atoms with van der Waals surface area (Å²) in [7, 11) is 0. The van der Waals surface area contributed by atoms with Gasteiger partial charge in [0.05, 0.1) is 5.69 Å². The maximum Gasteiger partial charge on any atom is 0.0562 e. The van der Waals surface area contributed by atoms with Crippen LogP contribution in [0.3, 0.4) is 0 Å². The lowest BCUT2D eigenvalue weighted by atomic mass is 10.0. The lowest BCUT2D eigenvalue weighted by molar-refractivity contribution is 0.421. The first-order valence-corrected chi connectivity index (χ1v) is 7.22. The fourth-order valence-electron chi connectivity index (χ4n) is 1.98. The highest BCUT2D eigenvalue weighted by Crippen LogP contribution is 2.24. The summed E-state index contributed by atoms with van der Waals surface area (Å²) in [5, 5.41) is 3.47. The van der Waals surface area contributed by atoms with Gasteiger partial charge in [-0.15, -0.1) is 6.58 Å². The molecule has 0 radical (unpaired) electrons. The molecule has 112 valence electrons. The molecule has 0 fully saturated rings. The van der Waals surface area contributed by atoms with Gasteiger partial charge in [-0.2, -0.15) is 0 Å². The first-order chi connectivity index (χ1) is 9.13. The van der Waals surface area contributed by atoms with Crippen molar-refractivity contribution in [2.75, 3.05) is 11.4 Å². The van der Waals surface area contributed by atoms with Crippen molar-refractivity contribution in [2.45, 2.75) is 59.2 Å². The Labute approximate surface area is 124 Å². The summed E-state index contributed by atoms with van der Waals surface area (Å²) in [5.74, 6) is 0. The first-order valence-electron chi connectivity index (χ1n) is 7.22. The Hall–Kier alpha value is -1.35. The molecule has 0 saturated heterocycles. The molecule has 0 spiro atoms. The number of pyridine rings is 1. The zero-order valence-electron chi connectivity index (χ0n) is 13.8. The Morgan fingerprint density at radius 2 is 1.90 bits per heavy atom. The Morgan fingerprint density at radius 3 is 2.40 bits per heavy atom. The van der Waals surface area contributed by atoms with Crippen LogP contribution in [0.2, 0.25) is 0 Å². The number of nitrogens with zero attached hydrogens (tertiary/aromatic N) is 2. The summed E-state index contributed by atoms with van der Waals surface area (Å²) in [6, 6.07) is 4.23. The number of hydrogen-bond acceptors (Lipinski definition) is 3. The second-order valence-electron chi connectivity index (χ2n) is 7.18. The molecule has 1 N–H and O–H groups in total. The molecular weight excluding hydrogens is 246 g/mol. The normalized spacial score (nSPS) is 12.3. The Balaban J connectivity index is 2.93. The number of aromatic nitrogens is 1. The fraction of sp³-hybridized carbons (Fsp3) is 0.588. The van der Waals surface area contributed by atoms with Gasteiger partial charge in [0.2, 0.25) is 0 Å². The van der Waals surface area contributed by atoms with Crippen molar-refractivity contribution in [2.24, 2.45) is 0 Å². The van der Waals surface area contributed by atoms with Crippen LogP contribution in [-0.4, -0.2) is 22.6 Å². The molecule has 0 aliphatic carbocycles. The highest BCUT2D eigenvalue weighted by Gasteiger charge is 2.21. The average Bonchev–Trinajstić information content (AvgIpc) is 2.31. The van der Waals surface area contributed by atoms with Gasteiger partial charge in [0.25, 0.3) is 0 Å². The maximum absolute atomic E-state index is 4.45. The second-order valence-corrected chi connectivity index (χ2v) is 7.18. The summed E-state index contributed by atoms with van der Waals surface area (Å²) in [5.41, 5.74) is 2.42. The van der Waals surface area contributed by atoms with E-state index in [4.69, 9.17) is 0 Å². The van der Waals surface area contributed by atoms with Crippen molar-refractivity contribution in [1.82, 2.24) is 10.3 Å². The van der Waals surface area contributed by atoms with Gasteiger partial charge < -0.3 is 10.2 Å². The SMILES string of the molecule is C=CCN(c1ccnc(CNC(C)(C)C)c1)C(C)(C)C. The van der Waals surface area contributed by atoms with Crippen molar-refractivity contribution >= 4 is 5.69 Å². The zero-order valence-corrected chi connectivity index (χ0v) is 13.8. The first kappa shape index (κ1) is 16.7. The molecule has 0 aliphatic rings. The number of anilines is 1. The molecule has 0 bridgehead atoms. The fourth-order valence-corrected chi connectivity index (χ4v) is 1.98. The minimum atomic E-state index is 0.0598. The predicted molar refractivity (Wildman–Crippen MR) is 88.1 cm³/mol. The predicted octanol–water partition coefficient (Wildman–Crippen LogP) is 3.76. The van der Waals surface area contributed by atoms with E-state index in [0.717, 1.165) is 18.8 Å². The standard InChI is InChI=1S/C17H29N3/c1-8-11-20(17(5,6)7)15-9-10-18-14(12-15)13-19-16(2,3)4/h8-10,12,19H,1,11,13H2,2-7H3. The minimum Gasteiger partial charge on any atom is -0.363 e. The summed E-state index contributed by atoms with van der Waals surface area (Å²) in [6.45, 7) is 18.6. The van der Waals surface area contributed by atoms with E-state index in [1.165, 1.54) is 5.69 Å². The van der Waals surface area contributed by atoms with Gasteiger partial charge in [-0.25, -0.2) is 0 Å². The molecule has 3 heteroatoms. The van der Waals surface area contributed by atoms with Gasteiger partial charge in [0, 0.05) is 36.1 Å². The topological polar surface area (TPSA) is 28.2 Å². The molecule has 0 atom stereocenters. The summed E-state index contributed by atoms with van der Waals surface area (Å²) >= 11 is 0. The van der Waals surface area contributed by atoms with Crippen LogP contribution in [0.15, 0.2) is 31.0 Å². The van der Waals surface area contributed by atoms with Crippen molar-refractivity contribution in [3.05, 3.63) is 36.7 Å². The van der Waals surface area contributed by atoms with Crippen molar-refractivity contribution < 1.29 is 0 Å². The van der Waals surface area contributed by atoms with E-state index in [0.29, 0.717) is 0 Å². The number of rotatable bonds is 5. The highest BCUT2D eigenvalue weighted by atomic mass is 15.2. The molecule has 0 saturated carbocycles. The van der Waals surface area contributed by atoms with Crippen LogP contribution in [0.25, 0.3) is 0 Å².